The summed E-state index contributed by atoms with van der Waals surface area (Å²) in [4.78, 5) is 56.2. The standard InChI is InChI=1S/2C18H15F3N2O4/c1-16-7-11(24)17(2,27-16)13-12(16)14(25)23(15(13)26)8-4-5-10(22-3)9(6-8)18(19,20)21;1-16-6-11(24)17(2,27-16)13-12(16)14(25)23(15(13)26)9-4-3-8(7-22)10(5-9)18(19,20)21/h4-6,11-13,24H,7H2,1-2H3;3-5,11-13,24H,6H2,1-2H3/t2*11-,12-,13+,16?,17?/m10/s1. The topological polar surface area (TPSA) is 162 Å². The third-order valence-corrected chi connectivity index (χ3v) is 11.9. The molecule has 4 bridgehead atoms. The van der Waals surface area contributed by atoms with Crippen molar-refractivity contribution >= 4 is 40.7 Å². The second kappa shape index (κ2) is 11.3. The molecule has 0 aromatic heterocycles. The lowest BCUT2D eigenvalue weighted by Crippen LogP contribution is -2.49. The molecule has 0 radical (unpaired) electrons. The van der Waals surface area contributed by atoms with E-state index >= 15 is 0 Å². The number of ether oxygens (including phenoxy) is 2. The van der Waals surface area contributed by atoms with Gasteiger partial charge in [0.25, 0.3) is 0 Å². The van der Waals surface area contributed by atoms with Gasteiger partial charge in [-0.2, -0.15) is 31.6 Å². The zero-order chi connectivity index (χ0) is 39.9. The monoisotopic (exact) mass is 760 g/mol. The predicted octanol–water partition coefficient (Wildman–Crippen LogP) is 4.67. The zero-order valence-corrected chi connectivity index (χ0v) is 28.7. The van der Waals surface area contributed by atoms with Gasteiger partial charge in [0, 0.05) is 18.5 Å². The van der Waals surface area contributed by atoms with Gasteiger partial charge in [-0.15, -0.1) is 0 Å². The van der Waals surface area contributed by atoms with Crippen molar-refractivity contribution in [3.63, 3.8) is 0 Å². The van der Waals surface area contributed by atoms with E-state index in [4.69, 9.17) is 21.3 Å². The largest absolute Gasteiger partial charge is 0.417 e. The van der Waals surface area contributed by atoms with Crippen molar-refractivity contribution in [3.8, 4) is 6.07 Å². The van der Waals surface area contributed by atoms with Crippen LogP contribution in [0.5, 0.6) is 0 Å². The number of amides is 4. The van der Waals surface area contributed by atoms with Crippen LogP contribution in [0.25, 0.3) is 4.85 Å². The molecule has 0 aliphatic carbocycles. The lowest BCUT2D eigenvalue weighted by Gasteiger charge is -2.31. The van der Waals surface area contributed by atoms with Gasteiger partial charge in [-0.05, 0) is 58.0 Å². The number of carbonyl (C=O) groups excluding carboxylic acids is 4. The Balaban J connectivity index is 0.000000167. The van der Waals surface area contributed by atoms with E-state index < -0.39 is 117 Å². The van der Waals surface area contributed by atoms with Gasteiger partial charge >= 0.3 is 12.4 Å². The Morgan fingerprint density at radius 1 is 0.722 bits per heavy atom. The number of benzene rings is 2. The smallest absolute Gasteiger partial charge is 0.390 e. The third-order valence-electron chi connectivity index (χ3n) is 11.9. The first-order valence-electron chi connectivity index (χ1n) is 16.6. The van der Waals surface area contributed by atoms with Gasteiger partial charge in [0.1, 0.15) is 11.2 Å². The molecule has 4 unspecified atom stereocenters. The summed E-state index contributed by atoms with van der Waals surface area (Å²) >= 11 is 0. The van der Waals surface area contributed by atoms with Crippen molar-refractivity contribution in [2.45, 2.75) is 87.5 Å². The Kier molecular flexibility index (Phi) is 7.85. The lowest BCUT2D eigenvalue weighted by atomic mass is 9.67. The summed E-state index contributed by atoms with van der Waals surface area (Å²) in [6.45, 7) is 13.2. The molecule has 6 aliphatic heterocycles. The van der Waals surface area contributed by atoms with Crippen LogP contribution in [0.15, 0.2) is 36.4 Å². The molecule has 0 saturated carbocycles. The van der Waals surface area contributed by atoms with Crippen LogP contribution in [0.4, 0.5) is 43.4 Å². The highest BCUT2D eigenvalue weighted by Crippen LogP contribution is 2.62. The molecule has 284 valence electrons. The average Bonchev–Trinajstić information content (AvgIpc) is 3.80. The summed E-state index contributed by atoms with van der Waals surface area (Å²) in [5, 5.41) is 29.5. The maximum absolute atomic E-state index is 13.2. The molecule has 18 heteroatoms. The summed E-state index contributed by atoms with van der Waals surface area (Å²) in [7, 11) is 0. The summed E-state index contributed by atoms with van der Waals surface area (Å²) in [6, 6.07) is 6.94. The molecule has 4 amide bonds. The van der Waals surface area contributed by atoms with E-state index in [1.807, 2.05) is 0 Å². The van der Waals surface area contributed by atoms with Crippen LogP contribution in [-0.4, -0.2) is 68.5 Å². The number of anilines is 2. The van der Waals surface area contributed by atoms with Crippen LogP contribution in [0.2, 0.25) is 0 Å². The maximum Gasteiger partial charge on any atom is 0.417 e. The van der Waals surface area contributed by atoms with Gasteiger partial charge in [0.15, 0.2) is 5.69 Å². The zero-order valence-electron chi connectivity index (χ0n) is 28.7. The molecule has 6 aliphatic rings. The number of hydrogen-bond acceptors (Lipinski definition) is 9. The Bertz CT molecular complexity index is 2000. The van der Waals surface area contributed by atoms with Crippen LogP contribution in [0.1, 0.15) is 57.2 Å². The average molecular weight is 761 g/mol. The summed E-state index contributed by atoms with van der Waals surface area (Å²) in [6.07, 6.45) is -11.2. The van der Waals surface area contributed by atoms with Crippen molar-refractivity contribution in [2.24, 2.45) is 23.7 Å². The lowest BCUT2D eigenvalue weighted by molar-refractivity contribution is -0.138. The third kappa shape index (κ3) is 4.89. The van der Waals surface area contributed by atoms with E-state index in [0.29, 0.717) is 12.1 Å². The van der Waals surface area contributed by atoms with Crippen LogP contribution >= 0.6 is 0 Å². The number of rotatable bonds is 2. The van der Waals surface area contributed by atoms with Gasteiger partial charge in [0.2, 0.25) is 23.6 Å². The van der Waals surface area contributed by atoms with Gasteiger partial charge in [-0.25, -0.2) is 14.6 Å². The van der Waals surface area contributed by atoms with E-state index in [1.54, 1.807) is 27.7 Å². The van der Waals surface area contributed by atoms with E-state index in [-0.39, 0.29) is 24.2 Å². The molecule has 10 atom stereocenters. The number of aliphatic hydroxyl groups excluding tert-OH is 2. The molecule has 6 fully saturated rings. The predicted molar refractivity (Wildman–Crippen MR) is 170 cm³/mol. The minimum absolute atomic E-state index is 0.165. The first-order chi connectivity index (χ1) is 24.9. The number of nitriles is 1. The number of fused-ring (bicyclic) bond motifs is 10. The minimum atomic E-state index is -4.81. The minimum Gasteiger partial charge on any atom is -0.390 e. The molecular weight excluding hydrogens is 730 g/mol. The van der Waals surface area contributed by atoms with Crippen LogP contribution in [0, 0.1) is 41.6 Å². The molecule has 6 heterocycles. The molecule has 0 spiro atoms. The number of aliphatic hydroxyl groups is 2. The second-order valence-corrected chi connectivity index (χ2v) is 15.2. The van der Waals surface area contributed by atoms with E-state index in [1.165, 1.54) is 6.07 Å². The fraction of sp³-hybridized carbons (Fsp3) is 0.500. The van der Waals surface area contributed by atoms with Crippen molar-refractivity contribution in [1.29, 1.82) is 5.26 Å². The highest BCUT2D eigenvalue weighted by molar-refractivity contribution is 6.24. The molecule has 2 aromatic carbocycles. The second-order valence-electron chi connectivity index (χ2n) is 15.2. The van der Waals surface area contributed by atoms with Crippen molar-refractivity contribution in [3.05, 3.63) is 64.5 Å². The fourth-order valence-electron chi connectivity index (χ4n) is 9.54. The summed E-state index contributed by atoms with van der Waals surface area (Å²) in [5.41, 5.74) is -8.73. The summed E-state index contributed by atoms with van der Waals surface area (Å²) < 4.78 is 91.1. The molecule has 54 heavy (non-hydrogen) atoms. The SMILES string of the molecule is CC12C[C@H](O)C(C)(O1)[C@H]1C(=O)N(c3ccc(C#N)c(C(F)(F)F)c3)C(=O)[C@H]12.[C-]#[N+]c1ccc(N2C(=O)[C@@H]3[C@H](C2=O)C2(C)C[C@@H](O)C3(C)O2)cc1C(F)(F)F. The Morgan fingerprint density at radius 2 is 1.11 bits per heavy atom. The Morgan fingerprint density at radius 3 is 1.50 bits per heavy atom. The fourth-order valence-corrected chi connectivity index (χ4v) is 9.54. The normalized spacial score (nSPS) is 37.7. The number of hydrogen-bond donors (Lipinski definition) is 2. The van der Waals surface area contributed by atoms with E-state index in [2.05, 4.69) is 4.85 Å². The Hall–Kier alpha value is -4.88. The van der Waals surface area contributed by atoms with Gasteiger partial charge in [0.05, 0.1) is 82.1 Å². The highest BCUT2D eigenvalue weighted by Gasteiger charge is 2.77. The van der Waals surface area contributed by atoms with Crippen LogP contribution in [0.3, 0.4) is 0 Å². The summed E-state index contributed by atoms with van der Waals surface area (Å²) in [5.74, 6) is -6.37. The first kappa shape index (κ1) is 37.4. The van der Waals surface area contributed by atoms with Crippen molar-refractivity contribution < 1.29 is 65.2 Å². The number of carbonyl (C=O) groups is 4. The molecule has 8 rings (SSSR count). The van der Waals surface area contributed by atoms with Crippen LogP contribution < -0.4 is 9.80 Å². The van der Waals surface area contributed by atoms with Gasteiger partial charge in [-0.3, -0.25) is 19.2 Å². The maximum atomic E-state index is 13.2. The van der Waals surface area contributed by atoms with Gasteiger partial charge < -0.3 is 19.7 Å². The molecule has 2 N–H and O–H groups in total. The number of alkyl halides is 6. The van der Waals surface area contributed by atoms with Crippen molar-refractivity contribution in [2.75, 3.05) is 9.80 Å². The van der Waals surface area contributed by atoms with E-state index in [0.717, 1.165) is 34.1 Å². The number of nitrogens with zero attached hydrogens (tertiary/aromatic N) is 4. The molecular formula is C36H30F6N4O8. The van der Waals surface area contributed by atoms with E-state index in [9.17, 15) is 55.7 Å². The van der Waals surface area contributed by atoms with Crippen LogP contribution in [-0.2, 0) is 41.0 Å². The molecule has 12 nitrogen and oxygen atoms in total. The number of imide groups is 2. The quantitative estimate of drug-likeness (QED) is 0.252. The highest BCUT2D eigenvalue weighted by atomic mass is 19.4. The molecule has 2 aromatic rings. The van der Waals surface area contributed by atoms with Gasteiger partial charge in [-0.1, -0.05) is 6.07 Å². The first-order valence-corrected chi connectivity index (χ1v) is 16.6. The van der Waals surface area contributed by atoms with Crippen molar-refractivity contribution in [1.82, 2.24) is 0 Å². The Labute approximate surface area is 302 Å². The molecule has 6 saturated heterocycles. The number of halogens is 6.